The van der Waals surface area contributed by atoms with Crippen LogP contribution in [0.3, 0.4) is 0 Å². The molecule has 134 valence electrons. The first kappa shape index (κ1) is 19.3. The summed E-state index contributed by atoms with van der Waals surface area (Å²) in [7, 11) is -4.28. The van der Waals surface area contributed by atoms with Gasteiger partial charge in [-0.25, -0.2) is 8.42 Å². The Labute approximate surface area is 150 Å². The molecule has 1 unspecified atom stereocenters. The van der Waals surface area contributed by atoms with Crippen LogP contribution < -0.4 is 5.32 Å². The molecule has 0 spiro atoms. The van der Waals surface area contributed by atoms with Crippen LogP contribution in [0.1, 0.15) is 22.3 Å². The molecule has 0 aliphatic heterocycles. The highest BCUT2D eigenvalue weighted by atomic mass is 32.2. The lowest BCUT2D eigenvalue weighted by Gasteiger charge is -2.07. The minimum absolute atomic E-state index is 0.0113. The SMILES string of the molecule is CS(=O)c1ccc(C(=O)NCCCS(=O)(=O)Cc2ccccc2)cc1. The van der Waals surface area contributed by atoms with Gasteiger partial charge in [-0.3, -0.25) is 9.00 Å². The fourth-order valence-electron chi connectivity index (χ4n) is 2.29. The molecule has 2 aromatic rings. The van der Waals surface area contributed by atoms with E-state index in [4.69, 9.17) is 0 Å². The molecule has 0 saturated heterocycles. The third-order valence-corrected chi connectivity index (χ3v) is 6.22. The van der Waals surface area contributed by atoms with Crippen molar-refractivity contribution in [3.8, 4) is 0 Å². The van der Waals surface area contributed by atoms with Crippen molar-refractivity contribution >= 4 is 26.5 Å². The smallest absolute Gasteiger partial charge is 0.251 e. The summed E-state index contributed by atoms with van der Waals surface area (Å²) < 4.78 is 35.5. The number of carbonyl (C=O) groups is 1. The zero-order valence-corrected chi connectivity index (χ0v) is 15.6. The molecule has 2 aromatic carbocycles. The molecule has 0 radical (unpaired) electrons. The second kappa shape index (κ2) is 8.92. The second-order valence-corrected chi connectivity index (χ2v) is 9.23. The van der Waals surface area contributed by atoms with Crippen LogP contribution in [0.4, 0.5) is 0 Å². The highest BCUT2D eigenvalue weighted by Crippen LogP contribution is 2.08. The summed E-state index contributed by atoms with van der Waals surface area (Å²) in [6.07, 6.45) is 1.93. The lowest BCUT2D eigenvalue weighted by Crippen LogP contribution is -2.26. The quantitative estimate of drug-likeness (QED) is 0.713. The molecule has 0 fully saturated rings. The first-order chi connectivity index (χ1) is 11.9. The highest BCUT2D eigenvalue weighted by molar-refractivity contribution is 7.90. The monoisotopic (exact) mass is 379 g/mol. The fourth-order valence-corrected chi connectivity index (χ4v) is 4.24. The number of amides is 1. The van der Waals surface area contributed by atoms with Crippen molar-refractivity contribution < 1.29 is 17.4 Å². The standard InChI is InChI=1S/C18H21NO4S2/c1-24(21)17-10-8-16(9-11-17)18(20)19-12-5-13-25(22,23)14-15-6-3-2-4-7-15/h2-4,6-11H,5,12-14H2,1H3,(H,19,20). The van der Waals surface area contributed by atoms with Gasteiger partial charge < -0.3 is 5.32 Å². The minimum atomic E-state index is -3.20. The van der Waals surface area contributed by atoms with Gasteiger partial charge in [0.25, 0.3) is 5.91 Å². The minimum Gasteiger partial charge on any atom is -0.352 e. The number of benzene rings is 2. The number of hydrogen-bond donors (Lipinski definition) is 1. The molecule has 1 N–H and O–H groups in total. The Morgan fingerprint density at radius 3 is 2.28 bits per heavy atom. The van der Waals surface area contributed by atoms with Crippen LogP contribution in [0.5, 0.6) is 0 Å². The Kier molecular flexibility index (Phi) is 6.90. The largest absolute Gasteiger partial charge is 0.352 e. The second-order valence-electron chi connectivity index (χ2n) is 5.67. The first-order valence-electron chi connectivity index (χ1n) is 7.83. The van der Waals surface area contributed by atoms with Crippen molar-refractivity contribution in [1.82, 2.24) is 5.32 Å². The number of rotatable bonds is 8. The highest BCUT2D eigenvalue weighted by Gasteiger charge is 2.12. The van der Waals surface area contributed by atoms with Gasteiger partial charge in [-0.15, -0.1) is 0 Å². The summed E-state index contributed by atoms with van der Waals surface area (Å²) in [5.41, 5.74) is 1.22. The van der Waals surface area contributed by atoms with Crippen molar-refractivity contribution in [3.63, 3.8) is 0 Å². The normalized spacial score (nSPS) is 12.5. The summed E-state index contributed by atoms with van der Waals surface area (Å²) in [5.74, 6) is -0.234. The summed E-state index contributed by atoms with van der Waals surface area (Å²) in [4.78, 5) is 12.7. The first-order valence-corrected chi connectivity index (χ1v) is 11.2. The van der Waals surface area contributed by atoms with Crippen LogP contribution in [0.25, 0.3) is 0 Å². The molecule has 0 aliphatic carbocycles. The van der Waals surface area contributed by atoms with Crippen molar-refractivity contribution in [3.05, 3.63) is 65.7 Å². The van der Waals surface area contributed by atoms with E-state index in [-0.39, 0.29) is 24.0 Å². The summed E-state index contributed by atoms with van der Waals surface area (Å²) >= 11 is 0. The molecular weight excluding hydrogens is 358 g/mol. The molecule has 25 heavy (non-hydrogen) atoms. The van der Waals surface area contributed by atoms with E-state index < -0.39 is 20.6 Å². The maximum Gasteiger partial charge on any atom is 0.251 e. The number of sulfone groups is 1. The summed E-state index contributed by atoms with van der Waals surface area (Å²) in [5, 5.41) is 2.70. The molecule has 1 amide bonds. The lowest BCUT2D eigenvalue weighted by atomic mass is 10.2. The van der Waals surface area contributed by atoms with E-state index in [2.05, 4.69) is 5.32 Å². The molecule has 1 atom stereocenters. The van der Waals surface area contributed by atoms with Gasteiger partial charge in [-0.2, -0.15) is 0 Å². The van der Waals surface area contributed by atoms with Crippen LogP contribution in [-0.2, 0) is 26.4 Å². The van der Waals surface area contributed by atoms with Crippen LogP contribution >= 0.6 is 0 Å². The third-order valence-electron chi connectivity index (χ3n) is 3.60. The Bertz CT molecular complexity index is 831. The van der Waals surface area contributed by atoms with Gasteiger partial charge in [-0.1, -0.05) is 30.3 Å². The molecule has 0 heterocycles. The van der Waals surface area contributed by atoms with E-state index in [1.54, 1.807) is 42.7 Å². The van der Waals surface area contributed by atoms with Crippen molar-refractivity contribution in [2.75, 3.05) is 18.6 Å². The number of nitrogens with one attached hydrogen (secondary N) is 1. The Hall–Kier alpha value is -1.99. The topological polar surface area (TPSA) is 80.3 Å². The summed E-state index contributed by atoms with van der Waals surface area (Å²) in [6, 6.07) is 15.5. The Morgan fingerprint density at radius 1 is 1.04 bits per heavy atom. The van der Waals surface area contributed by atoms with Crippen molar-refractivity contribution in [1.29, 1.82) is 0 Å². The van der Waals surface area contributed by atoms with Gasteiger partial charge >= 0.3 is 0 Å². The molecule has 0 aliphatic rings. The zero-order valence-electron chi connectivity index (χ0n) is 14.0. The predicted octanol–water partition coefficient (Wildman–Crippen LogP) is 2.16. The lowest BCUT2D eigenvalue weighted by molar-refractivity contribution is 0.0953. The van der Waals surface area contributed by atoms with E-state index in [1.165, 1.54) is 0 Å². The van der Waals surface area contributed by atoms with E-state index in [0.29, 0.717) is 16.9 Å². The van der Waals surface area contributed by atoms with Gasteiger partial charge in [-0.05, 0) is 36.2 Å². The van der Waals surface area contributed by atoms with Crippen molar-refractivity contribution in [2.45, 2.75) is 17.1 Å². The molecule has 0 aromatic heterocycles. The molecule has 5 nitrogen and oxygen atoms in total. The Balaban J connectivity index is 1.78. The van der Waals surface area contributed by atoms with E-state index in [1.807, 2.05) is 18.2 Å². The van der Waals surface area contributed by atoms with Crippen molar-refractivity contribution in [2.24, 2.45) is 0 Å². The van der Waals surface area contributed by atoms with Crippen LogP contribution in [0.2, 0.25) is 0 Å². The molecule has 7 heteroatoms. The maximum atomic E-state index is 12.1. The molecule has 0 saturated carbocycles. The van der Waals surface area contributed by atoms with E-state index in [9.17, 15) is 17.4 Å². The zero-order chi connectivity index (χ0) is 18.3. The number of carbonyl (C=O) groups excluding carboxylic acids is 1. The Morgan fingerprint density at radius 2 is 1.68 bits per heavy atom. The van der Waals surface area contributed by atoms with Gasteiger partial charge in [0.15, 0.2) is 9.84 Å². The van der Waals surface area contributed by atoms with Gasteiger partial charge in [0.05, 0.1) is 11.5 Å². The van der Waals surface area contributed by atoms with Crippen LogP contribution in [0, 0.1) is 0 Å². The average Bonchev–Trinajstić information content (AvgIpc) is 2.59. The van der Waals surface area contributed by atoms with Crippen LogP contribution in [0.15, 0.2) is 59.5 Å². The van der Waals surface area contributed by atoms with E-state index >= 15 is 0 Å². The van der Waals surface area contributed by atoms with Crippen LogP contribution in [-0.4, -0.2) is 37.1 Å². The average molecular weight is 380 g/mol. The number of hydrogen-bond acceptors (Lipinski definition) is 4. The summed E-state index contributed by atoms with van der Waals surface area (Å²) in [6.45, 7) is 0.286. The molecular formula is C18H21NO4S2. The molecule has 2 rings (SSSR count). The van der Waals surface area contributed by atoms with E-state index in [0.717, 1.165) is 5.56 Å². The maximum absolute atomic E-state index is 12.1. The van der Waals surface area contributed by atoms with Gasteiger partial charge in [0.2, 0.25) is 0 Å². The molecule has 0 bridgehead atoms. The third kappa shape index (κ3) is 6.43. The fraction of sp³-hybridized carbons (Fsp3) is 0.278. The van der Waals surface area contributed by atoms with Gasteiger partial charge in [0, 0.05) is 34.1 Å². The predicted molar refractivity (Wildman–Crippen MR) is 99.7 cm³/mol. The van der Waals surface area contributed by atoms with Gasteiger partial charge in [0.1, 0.15) is 0 Å².